The lowest BCUT2D eigenvalue weighted by Crippen LogP contribution is -2.31. The molecular formula is C17H21N7O2S. The van der Waals surface area contributed by atoms with Crippen LogP contribution in [0.1, 0.15) is 19.5 Å². The molecular weight excluding hydrogens is 366 g/mol. The third kappa shape index (κ3) is 3.80. The molecule has 1 aromatic carbocycles. The third-order valence-electron chi connectivity index (χ3n) is 3.96. The number of aromatic nitrogens is 6. The minimum Gasteiger partial charge on any atom is -0.353 e. The highest BCUT2D eigenvalue weighted by molar-refractivity contribution is 7.99. The molecule has 1 N–H and O–H groups in total. The second-order valence-electron chi connectivity index (χ2n) is 6.29. The lowest BCUT2D eigenvalue weighted by Gasteiger charge is -2.07. The van der Waals surface area contributed by atoms with Crippen LogP contribution in [0.15, 0.2) is 40.3 Å². The number of hydrogen-bond acceptors (Lipinski definition) is 6. The van der Waals surface area contributed by atoms with E-state index in [1.165, 1.54) is 16.4 Å². The Hall–Kier alpha value is -2.88. The monoisotopic (exact) mass is 387 g/mol. The molecule has 3 rings (SSSR count). The Morgan fingerprint density at radius 2 is 1.96 bits per heavy atom. The summed E-state index contributed by atoms with van der Waals surface area (Å²) in [6.45, 7) is 5.62. The number of nitrogens with one attached hydrogen (secondary N) is 1. The Bertz CT molecular complexity index is 1000. The van der Waals surface area contributed by atoms with Crippen molar-refractivity contribution in [1.29, 1.82) is 0 Å². The van der Waals surface area contributed by atoms with E-state index < -0.39 is 0 Å². The molecule has 0 spiro atoms. The van der Waals surface area contributed by atoms with E-state index in [4.69, 9.17) is 0 Å². The zero-order valence-electron chi connectivity index (χ0n) is 15.6. The van der Waals surface area contributed by atoms with E-state index in [0.29, 0.717) is 16.5 Å². The van der Waals surface area contributed by atoms with Crippen molar-refractivity contribution in [2.45, 2.75) is 32.0 Å². The van der Waals surface area contributed by atoms with E-state index in [9.17, 15) is 9.59 Å². The number of amides is 1. The first kappa shape index (κ1) is 18.9. The highest BCUT2D eigenvalue weighted by Gasteiger charge is 2.22. The van der Waals surface area contributed by atoms with Crippen molar-refractivity contribution in [3.63, 3.8) is 0 Å². The first-order valence-corrected chi connectivity index (χ1v) is 9.43. The fourth-order valence-corrected chi connectivity index (χ4v) is 3.39. The molecule has 0 saturated carbocycles. The Kier molecular flexibility index (Phi) is 5.45. The van der Waals surface area contributed by atoms with Gasteiger partial charge in [0.2, 0.25) is 11.1 Å². The Balaban J connectivity index is 1.96. The lowest BCUT2D eigenvalue weighted by atomic mass is 10.3. The molecule has 2 aromatic heterocycles. The molecule has 0 saturated heterocycles. The van der Waals surface area contributed by atoms with E-state index in [-0.39, 0.29) is 23.3 Å². The maximum absolute atomic E-state index is 13.1. The predicted molar refractivity (Wildman–Crippen MR) is 102 cm³/mol. The Labute approximate surface area is 160 Å². The topological polar surface area (TPSA) is 99.6 Å². The molecule has 0 aliphatic rings. The highest BCUT2D eigenvalue weighted by Crippen LogP contribution is 2.19. The second-order valence-corrected chi connectivity index (χ2v) is 7.24. The predicted octanol–water partition coefficient (Wildman–Crippen LogP) is 1.08. The Morgan fingerprint density at radius 1 is 1.26 bits per heavy atom. The summed E-state index contributed by atoms with van der Waals surface area (Å²) >= 11 is 1.18. The number of benzene rings is 1. The van der Waals surface area contributed by atoms with Crippen LogP contribution >= 0.6 is 11.8 Å². The van der Waals surface area contributed by atoms with Gasteiger partial charge in [0.1, 0.15) is 0 Å². The molecule has 142 valence electrons. The molecule has 3 aromatic rings. The highest BCUT2D eigenvalue weighted by atomic mass is 32.2. The van der Waals surface area contributed by atoms with Gasteiger partial charge in [-0.1, -0.05) is 30.0 Å². The van der Waals surface area contributed by atoms with Crippen molar-refractivity contribution >= 4 is 17.7 Å². The average Bonchev–Trinajstić information content (AvgIpc) is 3.16. The van der Waals surface area contributed by atoms with Crippen molar-refractivity contribution < 1.29 is 4.79 Å². The van der Waals surface area contributed by atoms with Gasteiger partial charge >= 0.3 is 0 Å². The van der Waals surface area contributed by atoms with Gasteiger partial charge in [0, 0.05) is 13.1 Å². The number of thioether (sulfide) groups is 1. The number of para-hydroxylation sites is 1. The minimum absolute atomic E-state index is 0.0588. The van der Waals surface area contributed by atoms with E-state index in [0.717, 1.165) is 5.69 Å². The van der Waals surface area contributed by atoms with Crippen LogP contribution in [0.4, 0.5) is 0 Å². The molecule has 0 atom stereocenters. The number of nitrogens with zero attached hydrogens (tertiary/aromatic N) is 6. The van der Waals surface area contributed by atoms with Gasteiger partial charge in [0.25, 0.3) is 5.56 Å². The van der Waals surface area contributed by atoms with E-state index >= 15 is 0 Å². The summed E-state index contributed by atoms with van der Waals surface area (Å²) in [4.78, 5) is 25.0. The number of hydrogen-bond donors (Lipinski definition) is 1. The smallest absolute Gasteiger partial charge is 0.297 e. The molecule has 0 fully saturated rings. The fourth-order valence-electron chi connectivity index (χ4n) is 2.70. The molecule has 1 amide bonds. The van der Waals surface area contributed by atoms with Crippen molar-refractivity contribution in [3.8, 4) is 11.4 Å². The van der Waals surface area contributed by atoms with Crippen LogP contribution in [-0.2, 0) is 11.8 Å². The molecule has 0 unspecified atom stereocenters. The zero-order valence-corrected chi connectivity index (χ0v) is 16.4. The first-order valence-electron chi connectivity index (χ1n) is 8.45. The van der Waals surface area contributed by atoms with E-state index in [1.807, 2.05) is 51.1 Å². The van der Waals surface area contributed by atoms with Crippen LogP contribution in [0.3, 0.4) is 0 Å². The molecule has 10 heteroatoms. The zero-order chi connectivity index (χ0) is 19.6. The summed E-state index contributed by atoms with van der Waals surface area (Å²) in [5.41, 5.74) is 1.59. The average molecular weight is 387 g/mol. The summed E-state index contributed by atoms with van der Waals surface area (Å²) in [6, 6.07) is 9.41. The number of rotatable bonds is 6. The van der Waals surface area contributed by atoms with Gasteiger partial charge < -0.3 is 5.32 Å². The molecule has 2 heterocycles. The number of carbonyl (C=O) groups excluding carboxylic acids is 1. The van der Waals surface area contributed by atoms with Crippen LogP contribution in [0.25, 0.3) is 11.4 Å². The quantitative estimate of drug-likeness (QED) is 0.635. The molecule has 0 radical (unpaired) electrons. The summed E-state index contributed by atoms with van der Waals surface area (Å²) in [7, 11) is 1.81. The maximum Gasteiger partial charge on any atom is 0.297 e. The lowest BCUT2D eigenvalue weighted by molar-refractivity contribution is -0.119. The van der Waals surface area contributed by atoms with Gasteiger partial charge in [0.15, 0.2) is 5.69 Å². The number of tetrazole rings is 1. The summed E-state index contributed by atoms with van der Waals surface area (Å²) < 4.78 is 4.71. The van der Waals surface area contributed by atoms with E-state index in [2.05, 4.69) is 20.8 Å². The van der Waals surface area contributed by atoms with Gasteiger partial charge in [-0.05, 0) is 43.3 Å². The van der Waals surface area contributed by atoms with Gasteiger partial charge in [-0.2, -0.15) is 4.68 Å². The second kappa shape index (κ2) is 7.78. The summed E-state index contributed by atoms with van der Waals surface area (Å²) in [6.07, 6.45) is 0. The third-order valence-corrected chi connectivity index (χ3v) is 4.88. The molecule has 0 bridgehead atoms. The van der Waals surface area contributed by atoms with Gasteiger partial charge in [-0.15, -0.1) is 5.10 Å². The summed E-state index contributed by atoms with van der Waals surface area (Å²) in [5, 5.41) is 14.8. The van der Waals surface area contributed by atoms with Crippen molar-refractivity contribution in [1.82, 2.24) is 34.9 Å². The van der Waals surface area contributed by atoms with Crippen LogP contribution in [-0.4, -0.2) is 47.3 Å². The molecule has 0 aliphatic carbocycles. The van der Waals surface area contributed by atoms with Crippen molar-refractivity contribution in [2.75, 3.05) is 5.75 Å². The number of carbonyl (C=O) groups is 1. The summed E-state index contributed by atoms with van der Waals surface area (Å²) in [5.74, 6) is 0.0492. The molecule has 0 aliphatic heterocycles. The maximum atomic E-state index is 13.1. The van der Waals surface area contributed by atoms with Gasteiger partial charge in [-0.25, -0.2) is 4.68 Å². The van der Waals surface area contributed by atoms with Crippen LogP contribution in [0.5, 0.6) is 0 Å². The van der Waals surface area contributed by atoms with E-state index in [1.54, 1.807) is 16.4 Å². The van der Waals surface area contributed by atoms with Gasteiger partial charge in [-0.3, -0.25) is 14.3 Å². The Morgan fingerprint density at radius 3 is 2.63 bits per heavy atom. The minimum atomic E-state index is -0.234. The molecule has 27 heavy (non-hydrogen) atoms. The largest absolute Gasteiger partial charge is 0.353 e. The van der Waals surface area contributed by atoms with Gasteiger partial charge in [0.05, 0.1) is 17.1 Å². The van der Waals surface area contributed by atoms with Crippen LogP contribution in [0, 0.1) is 6.92 Å². The fraction of sp³-hybridized carbons (Fsp3) is 0.353. The standard InChI is InChI=1S/C17H21N7O2S/c1-11(2)18-14(25)10-27-17-19-20-21-23(17)15-12(3)22(4)24(16(15)26)13-8-6-5-7-9-13/h5-9,11H,10H2,1-4H3,(H,18,25). The van der Waals surface area contributed by atoms with Crippen molar-refractivity contribution in [3.05, 3.63) is 46.4 Å². The van der Waals surface area contributed by atoms with Crippen LogP contribution < -0.4 is 10.9 Å². The first-order chi connectivity index (χ1) is 12.9. The van der Waals surface area contributed by atoms with Crippen LogP contribution in [0.2, 0.25) is 0 Å². The SMILES string of the molecule is Cc1c(-n2nnnc2SCC(=O)NC(C)C)c(=O)n(-c2ccccc2)n1C. The normalized spacial score (nSPS) is 11.1. The van der Waals surface area contributed by atoms with Crippen molar-refractivity contribution in [2.24, 2.45) is 7.05 Å². The molecule has 9 nitrogen and oxygen atoms in total.